The van der Waals surface area contributed by atoms with E-state index in [0.29, 0.717) is 40.7 Å². The number of amides is 2. The molecule has 1 heterocycles. The van der Waals surface area contributed by atoms with Crippen molar-refractivity contribution >= 4 is 34.7 Å². The molecule has 3 rings (SSSR count). The van der Waals surface area contributed by atoms with Gasteiger partial charge in [-0.2, -0.15) is 0 Å². The Kier molecular flexibility index (Phi) is 6.73. The van der Waals surface area contributed by atoms with Gasteiger partial charge in [-0.05, 0) is 54.9 Å². The van der Waals surface area contributed by atoms with E-state index in [1.807, 2.05) is 6.92 Å². The number of carbonyl (C=O) groups is 2. The second-order valence-corrected chi connectivity index (χ2v) is 7.27. The van der Waals surface area contributed by atoms with E-state index in [1.54, 1.807) is 43.3 Å². The molecular formula is C21H20N2O6S. The highest BCUT2D eigenvalue weighted by Gasteiger charge is 2.33. The van der Waals surface area contributed by atoms with Gasteiger partial charge in [0.25, 0.3) is 16.8 Å². The van der Waals surface area contributed by atoms with Crippen LogP contribution in [0.2, 0.25) is 0 Å². The van der Waals surface area contributed by atoms with E-state index in [2.05, 4.69) is 0 Å². The van der Waals surface area contributed by atoms with Crippen LogP contribution >= 0.6 is 11.8 Å². The second-order valence-electron chi connectivity index (χ2n) is 6.28. The molecule has 0 aliphatic carbocycles. The van der Waals surface area contributed by atoms with E-state index in [1.165, 1.54) is 17.0 Å². The Hall–Kier alpha value is -3.33. The third kappa shape index (κ3) is 4.80. The lowest BCUT2D eigenvalue weighted by Gasteiger charge is -2.13. The van der Waals surface area contributed by atoms with Crippen LogP contribution in [-0.4, -0.2) is 34.1 Å². The van der Waals surface area contributed by atoms with E-state index in [0.717, 1.165) is 11.8 Å². The summed E-state index contributed by atoms with van der Waals surface area (Å²) in [7, 11) is 0. The molecule has 1 aliphatic heterocycles. The summed E-state index contributed by atoms with van der Waals surface area (Å²) in [4.78, 5) is 36.2. The quantitative estimate of drug-likeness (QED) is 0.343. The number of nitro groups is 1. The number of benzene rings is 2. The van der Waals surface area contributed by atoms with Crippen molar-refractivity contribution < 1.29 is 24.0 Å². The van der Waals surface area contributed by atoms with Crippen LogP contribution in [0, 0.1) is 10.1 Å². The van der Waals surface area contributed by atoms with E-state index in [4.69, 9.17) is 9.47 Å². The molecule has 1 fully saturated rings. The molecule has 0 spiro atoms. The largest absolute Gasteiger partial charge is 0.490 e. The maximum atomic E-state index is 12.3. The van der Waals surface area contributed by atoms with Crippen molar-refractivity contribution in [3.05, 3.63) is 68.6 Å². The van der Waals surface area contributed by atoms with Gasteiger partial charge in [-0.1, -0.05) is 18.2 Å². The Balaban J connectivity index is 1.79. The molecule has 0 saturated carbocycles. The second kappa shape index (κ2) is 9.45. The zero-order valence-corrected chi connectivity index (χ0v) is 17.3. The average molecular weight is 428 g/mol. The lowest BCUT2D eigenvalue weighted by molar-refractivity contribution is -0.384. The standard InChI is InChI=1S/C21H20N2O6S/c1-3-22-20(24)19(30-21(22)25)12-14-8-9-17(18(11-14)28-4-2)29-13-15-6-5-7-16(10-15)23(26)27/h5-12H,3-4,13H2,1-2H3/b19-12+. The van der Waals surface area contributed by atoms with Gasteiger partial charge in [0.05, 0.1) is 16.4 Å². The number of thioether (sulfide) groups is 1. The summed E-state index contributed by atoms with van der Waals surface area (Å²) < 4.78 is 11.5. The molecule has 8 nitrogen and oxygen atoms in total. The third-order valence-electron chi connectivity index (χ3n) is 4.27. The first-order valence-electron chi connectivity index (χ1n) is 9.31. The number of ether oxygens (including phenoxy) is 2. The van der Waals surface area contributed by atoms with E-state index in [9.17, 15) is 19.7 Å². The molecule has 2 amide bonds. The van der Waals surface area contributed by atoms with Crippen LogP contribution in [0.5, 0.6) is 11.5 Å². The highest BCUT2D eigenvalue weighted by atomic mass is 32.2. The predicted octanol–water partition coefficient (Wildman–Crippen LogP) is 4.63. The van der Waals surface area contributed by atoms with Gasteiger partial charge in [-0.15, -0.1) is 0 Å². The van der Waals surface area contributed by atoms with Crippen LogP contribution in [0.1, 0.15) is 25.0 Å². The Morgan fingerprint density at radius 2 is 1.90 bits per heavy atom. The third-order valence-corrected chi connectivity index (χ3v) is 5.18. The van der Waals surface area contributed by atoms with Gasteiger partial charge in [0.15, 0.2) is 11.5 Å². The summed E-state index contributed by atoms with van der Waals surface area (Å²) in [6, 6.07) is 11.4. The number of nitrogens with zero attached hydrogens (tertiary/aromatic N) is 2. The van der Waals surface area contributed by atoms with Crippen LogP contribution in [0.25, 0.3) is 6.08 Å². The summed E-state index contributed by atoms with van der Waals surface area (Å²) in [5.74, 6) is 0.644. The smallest absolute Gasteiger partial charge is 0.293 e. The Morgan fingerprint density at radius 3 is 2.57 bits per heavy atom. The first kappa shape index (κ1) is 21.4. The summed E-state index contributed by atoms with van der Waals surface area (Å²) in [5.41, 5.74) is 1.35. The van der Waals surface area contributed by atoms with Crippen LogP contribution in [0.15, 0.2) is 47.4 Å². The summed E-state index contributed by atoms with van der Waals surface area (Å²) in [6.07, 6.45) is 1.65. The molecule has 0 N–H and O–H groups in total. The van der Waals surface area contributed by atoms with Crippen LogP contribution < -0.4 is 9.47 Å². The first-order chi connectivity index (χ1) is 14.4. The Bertz CT molecular complexity index is 1020. The molecule has 9 heteroatoms. The molecule has 2 aromatic rings. The minimum absolute atomic E-state index is 0.00231. The molecule has 0 unspecified atom stereocenters. The van der Waals surface area contributed by atoms with Gasteiger partial charge in [-0.25, -0.2) is 0 Å². The molecule has 2 aromatic carbocycles. The number of non-ortho nitro benzene ring substituents is 1. The fourth-order valence-electron chi connectivity index (χ4n) is 2.85. The number of nitro benzene ring substituents is 1. The van der Waals surface area contributed by atoms with Crippen molar-refractivity contribution in [3.63, 3.8) is 0 Å². The van der Waals surface area contributed by atoms with Crippen molar-refractivity contribution in [1.29, 1.82) is 0 Å². The SMILES string of the molecule is CCOc1cc(/C=C2/SC(=O)N(CC)C2=O)ccc1OCc1cccc([N+](=O)[O-])c1. The van der Waals surface area contributed by atoms with Crippen molar-refractivity contribution in [2.75, 3.05) is 13.2 Å². The average Bonchev–Trinajstić information content (AvgIpc) is 3.00. The number of carbonyl (C=O) groups excluding carboxylic acids is 2. The molecule has 0 bridgehead atoms. The number of hydrogen-bond acceptors (Lipinski definition) is 7. The van der Waals surface area contributed by atoms with E-state index in [-0.39, 0.29) is 23.4 Å². The van der Waals surface area contributed by atoms with Crippen molar-refractivity contribution in [1.82, 2.24) is 4.90 Å². The van der Waals surface area contributed by atoms with Crippen molar-refractivity contribution in [3.8, 4) is 11.5 Å². The molecular weight excluding hydrogens is 408 g/mol. The summed E-state index contributed by atoms with van der Waals surface area (Å²) in [5, 5.41) is 10.6. The highest BCUT2D eigenvalue weighted by Crippen LogP contribution is 2.34. The molecule has 0 atom stereocenters. The molecule has 0 radical (unpaired) electrons. The number of hydrogen-bond donors (Lipinski definition) is 0. The minimum Gasteiger partial charge on any atom is -0.490 e. The minimum atomic E-state index is -0.454. The molecule has 156 valence electrons. The highest BCUT2D eigenvalue weighted by molar-refractivity contribution is 8.18. The number of imide groups is 1. The lowest BCUT2D eigenvalue weighted by atomic mass is 10.1. The van der Waals surface area contributed by atoms with Gasteiger partial charge in [0.1, 0.15) is 6.61 Å². The van der Waals surface area contributed by atoms with Crippen LogP contribution in [0.3, 0.4) is 0 Å². The molecule has 30 heavy (non-hydrogen) atoms. The maximum Gasteiger partial charge on any atom is 0.293 e. The van der Waals surface area contributed by atoms with Crippen LogP contribution in [-0.2, 0) is 11.4 Å². The molecule has 0 aromatic heterocycles. The Labute approximate surface area is 177 Å². The molecule has 1 aliphatic rings. The van der Waals surface area contributed by atoms with Gasteiger partial charge in [-0.3, -0.25) is 24.6 Å². The van der Waals surface area contributed by atoms with E-state index >= 15 is 0 Å². The zero-order valence-electron chi connectivity index (χ0n) is 16.5. The Morgan fingerprint density at radius 1 is 1.10 bits per heavy atom. The number of likely N-dealkylation sites (N-methyl/N-ethyl adjacent to an activating group) is 1. The normalized spacial score (nSPS) is 15.0. The van der Waals surface area contributed by atoms with E-state index < -0.39 is 4.92 Å². The van der Waals surface area contributed by atoms with Gasteiger partial charge in [0.2, 0.25) is 0 Å². The van der Waals surface area contributed by atoms with Gasteiger partial charge in [0, 0.05) is 18.7 Å². The van der Waals surface area contributed by atoms with Gasteiger partial charge < -0.3 is 9.47 Å². The fraction of sp³-hybridized carbons (Fsp3) is 0.238. The summed E-state index contributed by atoms with van der Waals surface area (Å²) in [6.45, 7) is 4.46. The lowest BCUT2D eigenvalue weighted by Crippen LogP contribution is -2.27. The summed E-state index contributed by atoms with van der Waals surface area (Å²) >= 11 is 0.907. The predicted molar refractivity (Wildman–Crippen MR) is 113 cm³/mol. The molecule has 1 saturated heterocycles. The van der Waals surface area contributed by atoms with Crippen LogP contribution in [0.4, 0.5) is 10.5 Å². The fourth-order valence-corrected chi connectivity index (χ4v) is 3.75. The topological polar surface area (TPSA) is 99.0 Å². The zero-order chi connectivity index (χ0) is 21.7. The van der Waals surface area contributed by atoms with Gasteiger partial charge >= 0.3 is 0 Å². The number of rotatable bonds is 8. The van der Waals surface area contributed by atoms with Crippen molar-refractivity contribution in [2.45, 2.75) is 20.5 Å². The van der Waals surface area contributed by atoms with Crippen molar-refractivity contribution in [2.24, 2.45) is 0 Å². The monoisotopic (exact) mass is 428 g/mol. The first-order valence-corrected chi connectivity index (χ1v) is 10.1. The maximum absolute atomic E-state index is 12.3.